The van der Waals surface area contributed by atoms with E-state index in [4.69, 9.17) is 61.6 Å². The smallest absolute Gasteiger partial charge is 2.00 e. The molecule has 0 atom stereocenters. The third-order valence-electron chi connectivity index (χ3n) is 10.8. The molecule has 0 bridgehead atoms. The number of hydrogen-bond acceptors (Lipinski definition) is 32. The largest absolute Gasteiger partial charge is 3.00 e. The van der Waals surface area contributed by atoms with E-state index in [1.807, 2.05) is 19.6 Å². The Labute approximate surface area is 729 Å². The number of rotatable bonds is 28. The van der Waals surface area contributed by atoms with Gasteiger partial charge in [-0.2, -0.15) is 10.5 Å². The van der Waals surface area contributed by atoms with Gasteiger partial charge in [-0.15, -0.1) is 26.4 Å². The average molecular weight is 1970 g/mol. The standard InChI is InChI=1S/2C10H22N2O4.6C7H6O2.2C2H3N.4Mn.2NO3.2O.2Tb/c2*13-7-3-11(4-8-14)1-2-12(5-9-15)6-10-16;6*8-7(9)6-4-2-1-3-5-6;2*1-2-3;;;;;2*2-1(3)4;;;;/h2*13,15H,1-10H2;6*1-5H,(H,8,9);2*1H3;;;;;;;;;;/q2*-2;;;;;;;;;4*+3;2*-1;2*-2;;+3/p-6. The molecule has 36 nitrogen and oxygen atoms in total. The number of nitrogens with zero attached hydrogens (tertiary/aromatic N) is 8. The molecule has 0 aliphatic rings. The number of aliphatic hydroxyl groups is 4. The maximum atomic E-state index is 10.5. The summed E-state index contributed by atoms with van der Waals surface area (Å²) in [6.45, 7) is 8.32. The summed E-state index contributed by atoms with van der Waals surface area (Å²) in [6.07, 6.45) is 0. The number of nitriles is 2. The number of aromatic carboxylic acids is 6. The van der Waals surface area contributed by atoms with Crippen LogP contribution in [0.2, 0.25) is 0 Å². The van der Waals surface area contributed by atoms with E-state index in [0.717, 1.165) is 0 Å². The molecule has 599 valence electrons. The molecule has 6 aromatic carbocycles. The van der Waals surface area contributed by atoms with Gasteiger partial charge in [0.2, 0.25) is 0 Å². The van der Waals surface area contributed by atoms with E-state index in [1.165, 1.54) is 86.6 Å². The van der Waals surface area contributed by atoms with Gasteiger partial charge in [0.05, 0.1) is 84.6 Å². The summed E-state index contributed by atoms with van der Waals surface area (Å²) < 4.78 is 0. The number of benzene rings is 6. The van der Waals surface area contributed by atoms with E-state index in [2.05, 4.69) is 0 Å². The van der Waals surface area contributed by atoms with E-state index >= 15 is 0 Å². The van der Waals surface area contributed by atoms with Crippen molar-refractivity contribution in [1.82, 2.24) is 19.6 Å². The second kappa shape index (κ2) is 101. The second-order valence-corrected chi connectivity index (χ2v) is 17.9. The first-order valence-corrected chi connectivity index (χ1v) is 29.2. The normalized spacial score (nSPS) is 8.48. The zero-order valence-corrected chi connectivity index (χ0v) is 66.8. The second-order valence-electron chi connectivity index (χ2n) is 17.9. The minimum absolute atomic E-state index is 0. The van der Waals surface area contributed by atoms with Crippen LogP contribution in [0.1, 0.15) is 76.0 Å². The van der Waals surface area contributed by atoms with Crippen LogP contribution in [-0.2, 0) is 79.2 Å². The molecule has 0 aliphatic heterocycles. The average Bonchev–Trinajstić information content (AvgIpc) is 0.984. The summed E-state index contributed by atoms with van der Waals surface area (Å²) in [5, 5.41) is 182. The first-order valence-electron chi connectivity index (χ1n) is 29.2. The van der Waals surface area contributed by atoms with Crippen molar-refractivity contribution in [2.75, 3.05) is 131 Å². The van der Waals surface area contributed by atoms with Gasteiger partial charge >= 0.3 is 107 Å². The summed E-state index contributed by atoms with van der Waals surface area (Å²) in [5.41, 5.74) is 1.32. The van der Waals surface area contributed by atoms with Crippen LogP contribution >= 0.6 is 0 Å². The predicted octanol–water partition coefficient (Wildman–Crippen LogP) is -6.77. The minimum Gasteiger partial charge on any atom is -2.00 e. The van der Waals surface area contributed by atoms with E-state index in [9.17, 15) is 79.8 Å². The van der Waals surface area contributed by atoms with E-state index in [0.29, 0.717) is 78.5 Å². The molecule has 42 heteroatoms. The number of carbonyl (C=O) groups is 6. The molecule has 0 fully saturated rings. The van der Waals surface area contributed by atoms with Gasteiger partial charge < -0.3 is 161 Å². The minimum atomic E-state index is -1.75. The Bertz CT molecular complexity index is 2570. The van der Waals surface area contributed by atoms with Crippen LogP contribution in [-0.4, -0.2) is 217 Å². The Morgan fingerprint density at radius 1 is 0.315 bits per heavy atom. The third-order valence-corrected chi connectivity index (χ3v) is 10.8. The maximum Gasteiger partial charge on any atom is 3.00 e. The van der Waals surface area contributed by atoms with Crippen LogP contribution in [0.15, 0.2) is 182 Å². The molecule has 0 aromatic heterocycles. The van der Waals surface area contributed by atoms with E-state index in [-0.39, 0.29) is 243 Å². The molecule has 0 aliphatic carbocycles. The SMILES string of the molecule is CC#N.CC#N.O=C([O-])c1ccccc1.O=C([O-])c1ccccc1.O=C([O-])c1ccccc1.O=C([O-])c1ccccc1.O=C([O-])c1ccccc1.O=C([O-])c1ccccc1.O=[N+]([O-])[O-].O=[N+]([O-])[O-].[Mn+3].[Mn+3].[Mn+3].[Mn+3].[O-2].[O-2].[O-]CCN(CCO)CCN(CC[O-])CCO.[O-]CCN(CCO)CCN(CC[O-])CCO.[Tb+3].[Tb]. The molecule has 4 N–H and O–H groups in total. The number of hydrogen-bond donors (Lipinski definition) is 4. The van der Waals surface area contributed by atoms with Gasteiger partial charge in [-0.1, -0.05) is 182 Å². The summed E-state index contributed by atoms with van der Waals surface area (Å²) in [6, 6.07) is 51.9. The number of carboxylic acid groups (broad SMARTS) is 6. The Morgan fingerprint density at radius 2 is 0.417 bits per heavy atom. The van der Waals surface area contributed by atoms with Crippen LogP contribution < -0.4 is 51.1 Å². The molecular weight excluding hydrogens is 1890 g/mol. The van der Waals surface area contributed by atoms with Crippen molar-refractivity contribution in [3.8, 4) is 12.1 Å². The number of carbonyl (C=O) groups excluding carboxylic acids is 6. The fourth-order valence-electron chi connectivity index (χ4n) is 6.43. The molecule has 6 aromatic rings. The van der Waals surface area contributed by atoms with Crippen molar-refractivity contribution in [1.29, 1.82) is 10.5 Å². The van der Waals surface area contributed by atoms with Gasteiger partial charge in [-0.05, 0) is 59.6 Å². The predicted molar refractivity (Wildman–Crippen MR) is 343 cm³/mol. The molecule has 0 amide bonds. The van der Waals surface area contributed by atoms with Crippen molar-refractivity contribution >= 4 is 35.8 Å². The number of aliphatic hydroxyl groups excluding tert-OH is 4. The third kappa shape index (κ3) is 97.6. The van der Waals surface area contributed by atoms with Crippen LogP contribution in [0.25, 0.3) is 0 Å². The molecule has 0 heterocycles. The first-order chi connectivity index (χ1) is 47.7. The van der Waals surface area contributed by atoms with Crippen molar-refractivity contribution in [2.24, 2.45) is 0 Å². The summed E-state index contributed by atoms with van der Waals surface area (Å²) in [7, 11) is 0. The fourth-order valence-corrected chi connectivity index (χ4v) is 6.43. The topological polar surface area (TPSA) is 664 Å². The van der Waals surface area contributed by atoms with Crippen LogP contribution in [0, 0.1) is 131 Å². The summed E-state index contributed by atoms with van der Waals surface area (Å²) in [5.74, 6) is -6.77. The Balaban J connectivity index is -0.0000000758. The van der Waals surface area contributed by atoms with Crippen LogP contribution in [0.4, 0.5) is 0 Å². The first kappa shape index (κ1) is 134. The van der Waals surface area contributed by atoms with Gasteiger partial charge in [-0.3, -0.25) is 0 Å². The van der Waals surface area contributed by atoms with E-state index < -0.39 is 46.0 Å². The van der Waals surface area contributed by atoms with Crippen LogP contribution in [0.3, 0.4) is 0 Å². The fraction of sp³-hybridized carbons (Fsp3) is 0.333. The van der Waals surface area contributed by atoms with E-state index in [1.54, 1.807) is 121 Å². The molecule has 108 heavy (non-hydrogen) atoms. The van der Waals surface area contributed by atoms with Crippen molar-refractivity contribution in [3.05, 3.63) is 246 Å². The summed E-state index contributed by atoms with van der Waals surface area (Å²) >= 11 is 0. The van der Waals surface area contributed by atoms with Gasteiger partial charge in [-0.25, -0.2) is 0 Å². The maximum absolute atomic E-state index is 10.5. The zero-order chi connectivity index (χ0) is 77.2. The molecule has 1 radical (unpaired) electrons. The monoisotopic (exact) mass is 1970 g/mol. The summed E-state index contributed by atoms with van der Waals surface area (Å²) in [4.78, 5) is 84.5. The van der Waals surface area contributed by atoms with Crippen molar-refractivity contribution in [2.45, 2.75) is 13.8 Å². The van der Waals surface area contributed by atoms with Gasteiger partial charge in [0.1, 0.15) is 0 Å². The molecule has 0 saturated heterocycles. The van der Waals surface area contributed by atoms with Gasteiger partial charge in [0.15, 0.2) is 0 Å². The quantitative estimate of drug-likeness (QED) is 0.0201. The molecular formula is C66H80Mn4N8O28Tb2-. The van der Waals surface area contributed by atoms with Gasteiger partial charge in [0, 0.05) is 105 Å². The molecule has 0 spiro atoms. The molecule has 0 saturated carbocycles. The van der Waals surface area contributed by atoms with Crippen molar-refractivity contribution < 1.29 is 267 Å². The molecule has 0 unspecified atom stereocenters. The van der Waals surface area contributed by atoms with Crippen molar-refractivity contribution in [3.63, 3.8) is 0 Å². The zero-order valence-electron chi connectivity index (χ0n) is 57.8. The van der Waals surface area contributed by atoms with Crippen LogP contribution in [0.5, 0.6) is 0 Å². The Kier molecular flexibility index (Phi) is 125. The number of carboxylic acids is 6. The Morgan fingerprint density at radius 3 is 0.481 bits per heavy atom. The molecule has 6 rings (SSSR count). The van der Waals surface area contributed by atoms with Gasteiger partial charge in [0.25, 0.3) is 0 Å². The Hall–Kier alpha value is -6.39.